The molecule has 4 rings (SSSR count). The maximum absolute atomic E-state index is 11.5. The van der Waals surface area contributed by atoms with Gasteiger partial charge >= 0.3 is 5.76 Å². The Morgan fingerprint density at radius 1 is 0.967 bits per heavy atom. The van der Waals surface area contributed by atoms with Crippen molar-refractivity contribution in [3.63, 3.8) is 0 Å². The summed E-state index contributed by atoms with van der Waals surface area (Å²) < 4.78 is 10.6. The first-order valence-corrected chi connectivity index (χ1v) is 9.50. The average Bonchev–Trinajstić information content (AvgIpc) is 3.08. The van der Waals surface area contributed by atoms with Crippen LogP contribution in [-0.4, -0.2) is 22.1 Å². The summed E-state index contributed by atoms with van der Waals surface area (Å²) in [5.74, 6) is 1.45. The number of methoxy groups -OCH3 is 1. The van der Waals surface area contributed by atoms with Gasteiger partial charge in [-0.3, -0.25) is 4.98 Å². The Labute approximate surface area is 173 Å². The van der Waals surface area contributed by atoms with Crippen LogP contribution >= 0.6 is 0 Å². The third-order valence-corrected chi connectivity index (χ3v) is 5.04. The van der Waals surface area contributed by atoms with Gasteiger partial charge in [-0.25, -0.2) is 9.78 Å². The first-order chi connectivity index (χ1) is 14.3. The van der Waals surface area contributed by atoms with Gasteiger partial charge in [0.15, 0.2) is 5.58 Å². The van der Waals surface area contributed by atoms with Crippen LogP contribution in [0, 0.1) is 27.7 Å². The number of nitrogens with zero attached hydrogens (tertiary/aromatic N) is 2. The van der Waals surface area contributed by atoms with E-state index in [4.69, 9.17) is 9.15 Å². The lowest BCUT2D eigenvalue weighted by atomic mass is 10.1. The van der Waals surface area contributed by atoms with E-state index in [2.05, 4.69) is 25.6 Å². The van der Waals surface area contributed by atoms with Crippen LogP contribution < -0.4 is 21.1 Å². The zero-order valence-corrected chi connectivity index (χ0v) is 17.5. The predicted octanol–water partition coefficient (Wildman–Crippen LogP) is 4.64. The Kier molecular flexibility index (Phi) is 4.91. The highest BCUT2D eigenvalue weighted by Crippen LogP contribution is 2.29. The fraction of sp³-hybridized carbons (Fsp3) is 0.227. The SMILES string of the molecule is COc1cc(Nc2ncc(C)c(Nc3cc(C)c4oc(=O)[nH]c4c3)n2)cc(C)c1C. The molecule has 154 valence electrons. The smallest absolute Gasteiger partial charge is 0.417 e. The molecule has 2 heterocycles. The van der Waals surface area contributed by atoms with Crippen LogP contribution in [0.25, 0.3) is 11.1 Å². The van der Waals surface area contributed by atoms with Crippen LogP contribution in [0.4, 0.5) is 23.1 Å². The lowest BCUT2D eigenvalue weighted by Crippen LogP contribution is -2.03. The molecular weight excluding hydrogens is 382 g/mol. The molecule has 0 spiro atoms. The highest BCUT2D eigenvalue weighted by Gasteiger charge is 2.11. The van der Waals surface area contributed by atoms with E-state index in [-0.39, 0.29) is 0 Å². The van der Waals surface area contributed by atoms with Crippen molar-refractivity contribution in [3.8, 4) is 5.75 Å². The molecule has 8 nitrogen and oxygen atoms in total. The van der Waals surface area contributed by atoms with E-state index in [9.17, 15) is 4.79 Å². The van der Waals surface area contributed by atoms with Crippen LogP contribution in [0.2, 0.25) is 0 Å². The topological polar surface area (TPSA) is 105 Å². The summed E-state index contributed by atoms with van der Waals surface area (Å²) in [6.45, 7) is 7.87. The summed E-state index contributed by atoms with van der Waals surface area (Å²) in [5, 5.41) is 6.54. The minimum absolute atomic E-state index is 0.461. The van der Waals surface area contributed by atoms with Gasteiger partial charge in [0.25, 0.3) is 0 Å². The first kappa shape index (κ1) is 19.5. The van der Waals surface area contributed by atoms with Crippen molar-refractivity contribution in [1.82, 2.24) is 15.0 Å². The maximum Gasteiger partial charge on any atom is 0.417 e. The summed E-state index contributed by atoms with van der Waals surface area (Å²) >= 11 is 0. The van der Waals surface area contributed by atoms with Crippen molar-refractivity contribution < 1.29 is 9.15 Å². The zero-order valence-electron chi connectivity index (χ0n) is 17.5. The lowest BCUT2D eigenvalue weighted by molar-refractivity contribution is 0.411. The molecular formula is C22H23N5O3. The monoisotopic (exact) mass is 405 g/mol. The number of H-pyrrole nitrogens is 1. The quantitative estimate of drug-likeness (QED) is 0.444. The number of benzene rings is 2. The fourth-order valence-electron chi connectivity index (χ4n) is 3.31. The summed E-state index contributed by atoms with van der Waals surface area (Å²) in [7, 11) is 1.65. The third kappa shape index (κ3) is 3.71. The molecule has 0 saturated heterocycles. The molecule has 0 fully saturated rings. The molecule has 0 aliphatic heterocycles. The Morgan fingerprint density at radius 2 is 1.70 bits per heavy atom. The van der Waals surface area contributed by atoms with Crippen LogP contribution in [0.3, 0.4) is 0 Å². The van der Waals surface area contributed by atoms with Crippen LogP contribution in [0.5, 0.6) is 5.75 Å². The molecule has 8 heteroatoms. The van der Waals surface area contributed by atoms with Gasteiger partial charge in [-0.05, 0) is 62.6 Å². The van der Waals surface area contributed by atoms with Gasteiger partial charge in [-0.2, -0.15) is 4.98 Å². The molecule has 0 atom stereocenters. The molecule has 0 saturated carbocycles. The number of fused-ring (bicyclic) bond motifs is 1. The van der Waals surface area contributed by atoms with Gasteiger partial charge in [0.2, 0.25) is 5.95 Å². The molecule has 0 amide bonds. The zero-order chi connectivity index (χ0) is 21.4. The second-order valence-corrected chi connectivity index (χ2v) is 7.28. The van der Waals surface area contributed by atoms with Crippen molar-refractivity contribution in [2.24, 2.45) is 0 Å². The Morgan fingerprint density at radius 3 is 2.47 bits per heavy atom. The number of nitrogens with one attached hydrogen (secondary N) is 3. The van der Waals surface area contributed by atoms with Crippen molar-refractivity contribution in [1.29, 1.82) is 0 Å². The Balaban J connectivity index is 1.64. The van der Waals surface area contributed by atoms with Crippen molar-refractivity contribution in [2.75, 3.05) is 17.7 Å². The molecule has 4 aromatic rings. The minimum atomic E-state index is -0.473. The van der Waals surface area contributed by atoms with E-state index < -0.39 is 5.76 Å². The number of hydrogen-bond donors (Lipinski definition) is 3. The average molecular weight is 405 g/mol. The van der Waals surface area contributed by atoms with Crippen LogP contribution in [-0.2, 0) is 0 Å². The number of anilines is 4. The molecule has 3 N–H and O–H groups in total. The molecule has 0 unspecified atom stereocenters. The fourth-order valence-corrected chi connectivity index (χ4v) is 3.31. The highest BCUT2D eigenvalue weighted by molar-refractivity contribution is 5.81. The van der Waals surface area contributed by atoms with E-state index in [1.54, 1.807) is 13.3 Å². The van der Waals surface area contributed by atoms with Gasteiger partial charge in [-0.15, -0.1) is 0 Å². The van der Waals surface area contributed by atoms with Crippen molar-refractivity contribution >= 4 is 34.2 Å². The summed E-state index contributed by atoms with van der Waals surface area (Å²) in [6.07, 6.45) is 1.75. The van der Waals surface area contributed by atoms with E-state index in [1.165, 1.54) is 0 Å². The molecule has 0 aliphatic rings. The second-order valence-electron chi connectivity index (χ2n) is 7.28. The molecule has 0 bridgehead atoms. The maximum atomic E-state index is 11.5. The minimum Gasteiger partial charge on any atom is -0.496 e. The van der Waals surface area contributed by atoms with Crippen molar-refractivity contribution in [2.45, 2.75) is 27.7 Å². The summed E-state index contributed by atoms with van der Waals surface area (Å²) in [6, 6.07) is 7.67. The van der Waals surface area contributed by atoms with Gasteiger partial charge in [0.05, 0.1) is 12.6 Å². The number of rotatable bonds is 5. The number of aromatic nitrogens is 3. The van der Waals surface area contributed by atoms with Gasteiger partial charge in [0, 0.05) is 29.2 Å². The largest absolute Gasteiger partial charge is 0.496 e. The van der Waals surface area contributed by atoms with Crippen LogP contribution in [0.15, 0.2) is 39.7 Å². The van der Waals surface area contributed by atoms with Crippen molar-refractivity contribution in [3.05, 3.63) is 63.3 Å². The molecule has 0 radical (unpaired) electrons. The number of oxazole rings is 1. The molecule has 2 aromatic carbocycles. The lowest BCUT2D eigenvalue weighted by Gasteiger charge is -2.14. The first-order valence-electron chi connectivity index (χ1n) is 9.50. The predicted molar refractivity (Wildman–Crippen MR) is 117 cm³/mol. The molecule has 0 aliphatic carbocycles. The number of ether oxygens (including phenoxy) is 1. The Hall–Kier alpha value is -3.81. The summed E-state index contributed by atoms with van der Waals surface area (Å²) in [4.78, 5) is 23.2. The summed E-state index contributed by atoms with van der Waals surface area (Å²) in [5.41, 5.74) is 6.76. The standard InChI is InChI=1S/C22H23N5O3/c1-11-6-16(9-18(29-5)14(11)4)25-21-23-10-13(3)20(27-21)24-15-7-12(2)19-17(8-15)26-22(28)30-19/h6-10H,1-5H3,(H,26,28)(H2,23,24,25,27). The molecule has 30 heavy (non-hydrogen) atoms. The third-order valence-electron chi connectivity index (χ3n) is 5.04. The highest BCUT2D eigenvalue weighted by atomic mass is 16.5. The van der Waals surface area contributed by atoms with E-state index in [0.29, 0.717) is 22.9 Å². The normalized spacial score (nSPS) is 11.0. The number of aryl methyl sites for hydroxylation is 3. The van der Waals surface area contributed by atoms with E-state index in [0.717, 1.165) is 39.4 Å². The van der Waals surface area contributed by atoms with Gasteiger partial charge < -0.3 is 19.8 Å². The Bertz CT molecular complexity index is 1310. The van der Waals surface area contributed by atoms with Gasteiger partial charge in [0.1, 0.15) is 11.6 Å². The van der Waals surface area contributed by atoms with E-state index in [1.807, 2.05) is 52.0 Å². The number of aromatic amines is 1. The second kappa shape index (κ2) is 7.55. The number of hydrogen-bond acceptors (Lipinski definition) is 7. The van der Waals surface area contributed by atoms with Gasteiger partial charge in [-0.1, -0.05) is 0 Å². The van der Waals surface area contributed by atoms with Crippen LogP contribution in [0.1, 0.15) is 22.3 Å². The van der Waals surface area contributed by atoms with E-state index >= 15 is 0 Å². The molecule has 2 aromatic heterocycles.